The Morgan fingerprint density at radius 1 is 1.20 bits per heavy atom. The van der Waals surface area contributed by atoms with E-state index < -0.39 is 0 Å². The minimum Gasteiger partial charge on any atom is -0.497 e. The summed E-state index contributed by atoms with van der Waals surface area (Å²) in [7, 11) is 1.67. The van der Waals surface area contributed by atoms with Crippen LogP contribution < -0.4 is 4.74 Å². The molecule has 1 aromatic carbocycles. The number of benzene rings is 1. The molecule has 0 spiro atoms. The zero-order chi connectivity index (χ0) is 11.5. The van der Waals surface area contributed by atoms with Crippen LogP contribution in [0.3, 0.4) is 0 Å². The van der Waals surface area contributed by atoms with Crippen molar-refractivity contribution in [3.63, 3.8) is 0 Å². The van der Waals surface area contributed by atoms with Gasteiger partial charge >= 0.3 is 0 Å². The molecule has 84 valence electrons. The van der Waals surface area contributed by atoms with Gasteiger partial charge in [0.2, 0.25) is 0 Å². The van der Waals surface area contributed by atoms with Gasteiger partial charge in [-0.2, -0.15) is 0 Å². The third-order valence-electron chi connectivity index (χ3n) is 2.27. The summed E-state index contributed by atoms with van der Waals surface area (Å²) in [6.45, 7) is 6.60. The van der Waals surface area contributed by atoms with Gasteiger partial charge in [-0.1, -0.05) is 32.9 Å². The first-order chi connectivity index (χ1) is 6.92. The van der Waals surface area contributed by atoms with Gasteiger partial charge in [-0.15, -0.1) is 11.6 Å². The van der Waals surface area contributed by atoms with E-state index in [1.807, 2.05) is 24.3 Å². The second-order valence-electron chi connectivity index (χ2n) is 5.01. The molecule has 0 heterocycles. The van der Waals surface area contributed by atoms with Crippen molar-refractivity contribution in [2.45, 2.75) is 32.6 Å². The molecule has 2 heteroatoms. The Labute approximate surface area is 97.4 Å². The van der Waals surface area contributed by atoms with Crippen molar-refractivity contribution in [2.75, 3.05) is 7.11 Å². The molecule has 1 unspecified atom stereocenters. The molecule has 0 amide bonds. The van der Waals surface area contributed by atoms with Gasteiger partial charge in [-0.05, 0) is 29.5 Å². The number of methoxy groups -OCH3 is 1. The summed E-state index contributed by atoms with van der Waals surface area (Å²) in [6.07, 6.45) is 0.973. The van der Waals surface area contributed by atoms with Gasteiger partial charge in [0.05, 0.1) is 12.5 Å². The van der Waals surface area contributed by atoms with Crippen LogP contribution in [-0.4, -0.2) is 7.11 Å². The Balaban J connectivity index is 2.70. The molecule has 0 aromatic heterocycles. The molecule has 15 heavy (non-hydrogen) atoms. The van der Waals surface area contributed by atoms with E-state index in [1.165, 1.54) is 0 Å². The maximum atomic E-state index is 6.35. The van der Waals surface area contributed by atoms with Gasteiger partial charge < -0.3 is 4.74 Å². The van der Waals surface area contributed by atoms with E-state index in [0.717, 1.165) is 17.7 Å². The minimum absolute atomic E-state index is 0.0795. The number of ether oxygens (including phenoxy) is 1. The molecule has 0 bridgehead atoms. The first-order valence-electron chi connectivity index (χ1n) is 5.20. The van der Waals surface area contributed by atoms with E-state index in [-0.39, 0.29) is 10.8 Å². The quantitative estimate of drug-likeness (QED) is 0.694. The molecule has 0 fully saturated rings. The van der Waals surface area contributed by atoms with Crippen LogP contribution >= 0.6 is 11.6 Å². The second-order valence-corrected chi connectivity index (χ2v) is 5.53. The predicted octanol–water partition coefficient (Wildman–Crippen LogP) is 4.41. The first kappa shape index (κ1) is 12.4. The fourth-order valence-corrected chi connectivity index (χ4v) is 2.08. The molecule has 0 saturated carbocycles. The molecule has 0 N–H and O–H groups in total. The Kier molecular flexibility index (Phi) is 4.04. The molecule has 1 atom stereocenters. The van der Waals surface area contributed by atoms with E-state index in [0.29, 0.717) is 0 Å². The van der Waals surface area contributed by atoms with Crippen LogP contribution in [0.1, 0.15) is 38.1 Å². The first-order valence-corrected chi connectivity index (χ1v) is 5.64. The summed E-state index contributed by atoms with van der Waals surface area (Å²) in [5.41, 5.74) is 1.42. The molecular weight excluding hydrogens is 208 g/mol. The Hall–Kier alpha value is -0.690. The van der Waals surface area contributed by atoms with Crippen LogP contribution in [-0.2, 0) is 0 Å². The maximum Gasteiger partial charge on any atom is 0.118 e. The average molecular weight is 227 g/mol. The fraction of sp³-hybridized carbons (Fsp3) is 0.538. The summed E-state index contributed by atoms with van der Waals surface area (Å²) in [5.74, 6) is 0.873. The van der Waals surface area contributed by atoms with Gasteiger partial charge in [0.15, 0.2) is 0 Å². The second kappa shape index (κ2) is 4.89. The summed E-state index contributed by atoms with van der Waals surface area (Å²) in [6, 6.07) is 7.96. The van der Waals surface area contributed by atoms with E-state index in [4.69, 9.17) is 16.3 Å². The highest BCUT2D eigenvalue weighted by atomic mass is 35.5. The van der Waals surface area contributed by atoms with Crippen molar-refractivity contribution in [3.05, 3.63) is 29.8 Å². The van der Waals surface area contributed by atoms with Gasteiger partial charge in [-0.25, -0.2) is 0 Å². The predicted molar refractivity (Wildman–Crippen MR) is 65.7 cm³/mol. The van der Waals surface area contributed by atoms with Crippen molar-refractivity contribution in [3.8, 4) is 5.75 Å². The van der Waals surface area contributed by atoms with Gasteiger partial charge in [0, 0.05) is 0 Å². The van der Waals surface area contributed by atoms with Crippen molar-refractivity contribution >= 4 is 11.6 Å². The highest BCUT2D eigenvalue weighted by Crippen LogP contribution is 2.34. The van der Waals surface area contributed by atoms with Crippen LogP contribution in [0.2, 0.25) is 0 Å². The highest BCUT2D eigenvalue weighted by Gasteiger charge is 2.18. The third-order valence-corrected chi connectivity index (χ3v) is 2.68. The Morgan fingerprint density at radius 2 is 1.73 bits per heavy atom. The zero-order valence-electron chi connectivity index (χ0n) is 9.88. The average Bonchev–Trinajstić information content (AvgIpc) is 2.15. The van der Waals surface area contributed by atoms with Gasteiger partial charge in [-0.3, -0.25) is 0 Å². The largest absolute Gasteiger partial charge is 0.497 e. The third kappa shape index (κ3) is 4.13. The summed E-state index contributed by atoms with van der Waals surface area (Å²) >= 11 is 6.35. The smallest absolute Gasteiger partial charge is 0.118 e. The minimum atomic E-state index is 0.0795. The lowest BCUT2D eigenvalue weighted by Crippen LogP contribution is -2.08. The number of alkyl halides is 1. The topological polar surface area (TPSA) is 9.23 Å². The van der Waals surface area contributed by atoms with E-state index in [1.54, 1.807) is 7.11 Å². The summed E-state index contributed by atoms with van der Waals surface area (Å²) in [5, 5.41) is 0.0795. The normalized spacial score (nSPS) is 13.7. The Bertz CT molecular complexity index is 297. The maximum absolute atomic E-state index is 6.35. The fourth-order valence-electron chi connectivity index (χ4n) is 1.47. The van der Waals surface area contributed by atoms with Crippen molar-refractivity contribution in [2.24, 2.45) is 5.41 Å². The van der Waals surface area contributed by atoms with Crippen molar-refractivity contribution in [1.29, 1.82) is 0 Å². The molecule has 0 radical (unpaired) electrons. The van der Waals surface area contributed by atoms with Gasteiger partial charge in [0.1, 0.15) is 5.75 Å². The number of hydrogen-bond acceptors (Lipinski definition) is 1. The molecule has 1 nitrogen and oxygen atoms in total. The molecule has 1 aromatic rings. The number of halogens is 1. The zero-order valence-corrected chi connectivity index (χ0v) is 10.6. The lowest BCUT2D eigenvalue weighted by atomic mass is 9.88. The van der Waals surface area contributed by atoms with Crippen LogP contribution in [0.15, 0.2) is 24.3 Å². The lowest BCUT2D eigenvalue weighted by molar-refractivity contribution is 0.372. The number of rotatable bonds is 3. The molecule has 0 aliphatic rings. The molecule has 1 rings (SSSR count). The van der Waals surface area contributed by atoms with Crippen LogP contribution in [0.5, 0.6) is 5.75 Å². The van der Waals surface area contributed by atoms with Crippen LogP contribution in [0.25, 0.3) is 0 Å². The number of hydrogen-bond donors (Lipinski definition) is 0. The molecule has 0 aliphatic carbocycles. The molecule has 0 saturated heterocycles. The van der Waals surface area contributed by atoms with E-state index >= 15 is 0 Å². The lowest BCUT2D eigenvalue weighted by Gasteiger charge is -2.22. The van der Waals surface area contributed by atoms with Gasteiger partial charge in [0.25, 0.3) is 0 Å². The monoisotopic (exact) mass is 226 g/mol. The molecular formula is C13H19ClO. The summed E-state index contributed by atoms with van der Waals surface area (Å²) in [4.78, 5) is 0. The van der Waals surface area contributed by atoms with E-state index in [2.05, 4.69) is 20.8 Å². The highest BCUT2D eigenvalue weighted by molar-refractivity contribution is 6.20. The summed E-state index contributed by atoms with van der Waals surface area (Å²) < 4.78 is 5.11. The Morgan fingerprint density at radius 3 is 2.13 bits per heavy atom. The van der Waals surface area contributed by atoms with Crippen LogP contribution in [0.4, 0.5) is 0 Å². The molecule has 0 aliphatic heterocycles. The van der Waals surface area contributed by atoms with Crippen molar-refractivity contribution in [1.82, 2.24) is 0 Å². The SMILES string of the molecule is COc1ccc(C(Cl)CC(C)(C)C)cc1. The van der Waals surface area contributed by atoms with Crippen molar-refractivity contribution < 1.29 is 4.74 Å². The van der Waals surface area contributed by atoms with Crippen LogP contribution in [0, 0.1) is 5.41 Å². The standard InChI is InChI=1S/C13H19ClO/c1-13(2,3)9-12(14)10-5-7-11(15-4)8-6-10/h5-8,12H,9H2,1-4H3. The van der Waals surface area contributed by atoms with E-state index in [9.17, 15) is 0 Å².